The maximum absolute atomic E-state index is 13.7. The standard InChI is InChI=1S/C43H53N9O5.4H2S/c1-26(2)27(3)39(53)52-25-43(18-19-43)23-36(52)38-47-31-17-14-29(22-33(31)48-38)11-10-28-12-15-30(16-13-28)34-24-46-37(49-34)35-9-7-21-51(35)40(54)32(50-42(56)57-4)8-5-6-20-45-41(44)55;;;;/h12-17,22,24,26-27,32,35-36H,5-9,18-21,23,25H2,1-4H3,(H,46,49)(H,47,48)(H,50,56)(H3,44,45,55);4*1H2/t27-,32-,35-,36-;;;;/m0..../s1. The maximum atomic E-state index is 13.7. The van der Waals surface area contributed by atoms with Crippen molar-refractivity contribution in [2.75, 3.05) is 26.7 Å². The highest BCUT2D eigenvalue weighted by atomic mass is 32.1. The first-order valence-corrected chi connectivity index (χ1v) is 20.1. The van der Waals surface area contributed by atoms with Gasteiger partial charge < -0.3 is 40.9 Å². The van der Waals surface area contributed by atoms with Crippen LogP contribution in [0.1, 0.15) is 107 Å². The van der Waals surface area contributed by atoms with Crippen molar-refractivity contribution in [1.29, 1.82) is 0 Å². The van der Waals surface area contributed by atoms with Crippen LogP contribution in [0.3, 0.4) is 0 Å². The van der Waals surface area contributed by atoms with Crippen molar-refractivity contribution in [1.82, 2.24) is 40.4 Å². The van der Waals surface area contributed by atoms with E-state index >= 15 is 0 Å². The first-order valence-electron chi connectivity index (χ1n) is 20.1. The normalized spacial score (nSPS) is 18.0. The summed E-state index contributed by atoms with van der Waals surface area (Å²) < 4.78 is 4.79. The molecule has 1 spiro atoms. The monoisotopic (exact) mass is 911 g/mol. The highest BCUT2D eigenvalue weighted by Crippen LogP contribution is 2.58. The number of hydrogen-bond acceptors (Lipinski definition) is 7. The second-order valence-corrected chi connectivity index (χ2v) is 16.2. The van der Waals surface area contributed by atoms with Crippen LogP contribution in [0.2, 0.25) is 0 Å². The Balaban J connectivity index is 0.00000248. The van der Waals surface area contributed by atoms with Gasteiger partial charge in [0.2, 0.25) is 11.8 Å². The van der Waals surface area contributed by atoms with Crippen LogP contribution in [0.5, 0.6) is 0 Å². The lowest BCUT2D eigenvalue weighted by Gasteiger charge is -2.28. The summed E-state index contributed by atoms with van der Waals surface area (Å²) in [5, 5.41) is 5.22. The molecule has 4 atom stereocenters. The summed E-state index contributed by atoms with van der Waals surface area (Å²) in [5.74, 6) is 8.40. The molecule has 1 aliphatic carbocycles. The molecule has 7 rings (SSSR count). The number of urea groups is 1. The fourth-order valence-electron chi connectivity index (χ4n) is 8.07. The smallest absolute Gasteiger partial charge is 0.407 e. The number of carbonyl (C=O) groups is 4. The van der Waals surface area contributed by atoms with Gasteiger partial charge in [-0.15, -0.1) is 0 Å². The molecular weight excluding hydrogens is 851 g/mol. The van der Waals surface area contributed by atoms with Gasteiger partial charge >= 0.3 is 12.1 Å². The van der Waals surface area contributed by atoms with E-state index in [4.69, 9.17) is 15.5 Å². The highest BCUT2D eigenvalue weighted by molar-refractivity contribution is 7.59. The van der Waals surface area contributed by atoms with Crippen LogP contribution in [0, 0.1) is 29.1 Å². The van der Waals surface area contributed by atoms with Gasteiger partial charge in [-0.3, -0.25) is 9.59 Å². The molecule has 14 nitrogen and oxygen atoms in total. The lowest BCUT2D eigenvalue weighted by molar-refractivity contribution is -0.137. The third-order valence-corrected chi connectivity index (χ3v) is 11.9. The van der Waals surface area contributed by atoms with Crippen molar-refractivity contribution in [2.45, 2.75) is 90.3 Å². The number of primary amides is 1. The van der Waals surface area contributed by atoms with Gasteiger partial charge in [0.25, 0.3) is 0 Å². The number of fused-ring (bicyclic) bond motifs is 1. The fourth-order valence-corrected chi connectivity index (χ4v) is 8.07. The third-order valence-electron chi connectivity index (χ3n) is 11.9. The number of alkyl carbamates (subject to hydrolysis) is 1. The van der Waals surface area contributed by atoms with Crippen molar-refractivity contribution in [3.63, 3.8) is 0 Å². The molecule has 6 N–H and O–H groups in total. The molecule has 0 unspecified atom stereocenters. The first kappa shape index (κ1) is 50.9. The van der Waals surface area contributed by atoms with Gasteiger partial charge in [-0.1, -0.05) is 44.7 Å². The van der Waals surface area contributed by atoms with Gasteiger partial charge in [0.05, 0.1) is 42.1 Å². The van der Waals surface area contributed by atoms with E-state index in [0.717, 1.165) is 65.0 Å². The molecule has 4 aromatic rings. The Kier molecular flexibility index (Phi) is 18.4. The van der Waals surface area contributed by atoms with E-state index in [1.165, 1.54) is 20.0 Å². The minimum Gasteiger partial charge on any atom is -0.453 e. The zero-order valence-corrected chi connectivity index (χ0v) is 39.2. The van der Waals surface area contributed by atoms with Crippen molar-refractivity contribution in [2.24, 2.45) is 23.0 Å². The molecule has 2 aliphatic heterocycles. The molecule has 5 amide bonds. The number of ether oxygens (including phenoxy) is 1. The minimum absolute atomic E-state index is 0. The van der Waals surface area contributed by atoms with Crippen molar-refractivity contribution >= 4 is 89.0 Å². The number of benzene rings is 2. The number of nitrogens with one attached hydrogen (secondary N) is 4. The van der Waals surface area contributed by atoms with E-state index in [2.05, 4.69) is 56.2 Å². The molecule has 332 valence electrons. The number of nitrogens with zero attached hydrogens (tertiary/aromatic N) is 4. The summed E-state index contributed by atoms with van der Waals surface area (Å²) in [6, 6.07) is 12.3. The number of methoxy groups -OCH3 is 1. The molecule has 3 aliphatic rings. The van der Waals surface area contributed by atoms with Crippen molar-refractivity contribution in [3.05, 3.63) is 71.4 Å². The summed E-state index contributed by atoms with van der Waals surface area (Å²) in [7, 11) is 1.26. The summed E-state index contributed by atoms with van der Waals surface area (Å²) >= 11 is 0. The quantitative estimate of drug-likeness (QED) is 0.0805. The number of aromatic amines is 2. The summed E-state index contributed by atoms with van der Waals surface area (Å²) in [5.41, 5.74) is 10.7. The SMILES string of the molecule is COC(=O)N[C@@H](CCCCNC(N)=O)C(=O)N1CCC[C@H]1c1ncc(-c2ccc(C#Cc3ccc4nc([C@@H]5CC6(CC6)CN5C(=O)[C@@H](C)C(C)C)[nH]c4c3)cc2)[nH]1.S.S.S.S. The van der Waals surface area contributed by atoms with Crippen LogP contribution in [0.4, 0.5) is 9.59 Å². The van der Waals surface area contributed by atoms with E-state index in [1.54, 1.807) is 11.1 Å². The number of imidazole rings is 2. The second kappa shape index (κ2) is 22.1. The third kappa shape index (κ3) is 11.9. The Hall–Kier alpha value is -4.44. The molecule has 2 aromatic carbocycles. The minimum atomic E-state index is -0.776. The predicted octanol–water partition coefficient (Wildman–Crippen LogP) is 6.38. The Morgan fingerprint density at radius 3 is 2.30 bits per heavy atom. The molecule has 4 heterocycles. The Morgan fingerprint density at radius 2 is 1.62 bits per heavy atom. The van der Waals surface area contributed by atoms with Gasteiger partial charge in [-0.25, -0.2) is 19.6 Å². The zero-order valence-electron chi connectivity index (χ0n) is 35.2. The van der Waals surface area contributed by atoms with Crippen LogP contribution in [-0.4, -0.2) is 86.5 Å². The predicted molar refractivity (Wildman–Crippen MR) is 257 cm³/mol. The number of carbonyl (C=O) groups excluding carboxylic acids is 4. The van der Waals surface area contributed by atoms with E-state index in [9.17, 15) is 19.2 Å². The van der Waals surface area contributed by atoms with Gasteiger partial charge in [0, 0.05) is 36.7 Å². The highest BCUT2D eigenvalue weighted by Gasteiger charge is 2.54. The van der Waals surface area contributed by atoms with Crippen LogP contribution in [0.15, 0.2) is 48.7 Å². The Morgan fingerprint density at radius 1 is 0.918 bits per heavy atom. The number of rotatable bonds is 12. The number of likely N-dealkylation sites (tertiary alicyclic amines) is 2. The van der Waals surface area contributed by atoms with Crippen LogP contribution in [-0.2, 0) is 14.3 Å². The van der Waals surface area contributed by atoms with Gasteiger partial charge in [-0.05, 0) is 98.6 Å². The van der Waals surface area contributed by atoms with Crippen LogP contribution < -0.4 is 16.4 Å². The first-order chi connectivity index (χ1) is 27.4. The second-order valence-electron chi connectivity index (χ2n) is 16.2. The Bertz CT molecular complexity index is 2200. The molecule has 3 fully saturated rings. The maximum Gasteiger partial charge on any atom is 0.407 e. The molecule has 2 saturated heterocycles. The Labute approximate surface area is 385 Å². The number of unbranched alkanes of at least 4 members (excludes halogenated alkanes) is 1. The van der Waals surface area contributed by atoms with Crippen molar-refractivity contribution in [3.8, 4) is 23.1 Å². The molecule has 0 radical (unpaired) electrons. The molecule has 2 aromatic heterocycles. The topological polar surface area (TPSA) is 191 Å². The number of H-pyrrole nitrogens is 2. The molecular formula is C43H61N9O5S4. The van der Waals surface area contributed by atoms with Crippen LogP contribution >= 0.6 is 54.0 Å². The summed E-state index contributed by atoms with van der Waals surface area (Å²) in [4.78, 5) is 70.8. The van der Waals surface area contributed by atoms with Gasteiger partial charge in [0.15, 0.2) is 0 Å². The number of amides is 5. The van der Waals surface area contributed by atoms with E-state index in [0.29, 0.717) is 38.2 Å². The molecule has 1 saturated carbocycles. The van der Waals surface area contributed by atoms with Gasteiger partial charge in [-0.2, -0.15) is 54.0 Å². The van der Waals surface area contributed by atoms with Crippen molar-refractivity contribution < 1.29 is 23.9 Å². The average molecular weight is 912 g/mol. The fraction of sp³-hybridized carbons (Fsp3) is 0.488. The number of aromatic nitrogens is 4. The number of hydrogen-bond donors (Lipinski definition) is 5. The lowest BCUT2D eigenvalue weighted by atomic mass is 9.96. The molecule has 0 bridgehead atoms. The van der Waals surface area contributed by atoms with E-state index < -0.39 is 18.2 Å². The molecule has 18 heteroatoms. The number of nitrogens with two attached hydrogens (primary N) is 1. The summed E-state index contributed by atoms with van der Waals surface area (Å²) in [6.07, 6.45) is 7.54. The zero-order chi connectivity index (χ0) is 40.3. The van der Waals surface area contributed by atoms with Gasteiger partial charge in [0.1, 0.15) is 17.7 Å². The van der Waals surface area contributed by atoms with Crippen LogP contribution in [0.25, 0.3) is 22.3 Å². The van der Waals surface area contributed by atoms with E-state index in [1.807, 2.05) is 49.4 Å². The average Bonchev–Trinajstić information content (AvgIpc) is 3.69. The molecule has 61 heavy (non-hydrogen) atoms. The van der Waals surface area contributed by atoms with E-state index in [-0.39, 0.29) is 95.1 Å². The lowest BCUT2D eigenvalue weighted by Crippen LogP contribution is -2.48. The largest absolute Gasteiger partial charge is 0.453 e. The summed E-state index contributed by atoms with van der Waals surface area (Å²) in [6.45, 7) is 8.00.